The fourth-order valence-electron chi connectivity index (χ4n) is 2.59. The van der Waals surface area contributed by atoms with Crippen molar-refractivity contribution in [3.8, 4) is 0 Å². The highest BCUT2D eigenvalue weighted by Crippen LogP contribution is 2.13. The van der Waals surface area contributed by atoms with Crippen LogP contribution in [0.3, 0.4) is 0 Å². The van der Waals surface area contributed by atoms with E-state index in [1.165, 1.54) is 18.7 Å². The van der Waals surface area contributed by atoms with Crippen molar-refractivity contribution in [2.24, 2.45) is 5.73 Å². The maximum Gasteiger partial charge on any atom is 0.328 e. The molecule has 0 fully saturated rings. The predicted molar refractivity (Wildman–Crippen MR) is 154 cm³/mol. The maximum absolute atomic E-state index is 11.8. The zero-order chi connectivity index (χ0) is 28.1. The zero-order valence-electron chi connectivity index (χ0n) is 22.2. The Morgan fingerprint density at radius 3 is 1.74 bits per heavy atom. The molecule has 2 aromatic heterocycles. The summed E-state index contributed by atoms with van der Waals surface area (Å²) in [6.07, 6.45) is 8.11. The molecular formula is C24H38Cl4N6O4. The molecule has 3 N–H and O–H groups in total. The molecule has 216 valence electrons. The third kappa shape index (κ3) is 19.1. The minimum absolute atomic E-state index is 0. The quantitative estimate of drug-likeness (QED) is 0.217. The molecule has 0 unspecified atom stereocenters. The number of hydrogen-bond acceptors (Lipinski definition) is 10. The summed E-state index contributed by atoms with van der Waals surface area (Å²) in [4.78, 5) is 37.7. The first kappa shape index (κ1) is 38.2. The van der Waals surface area contributed by atoms with Gasteiger partial charge in [0, 0.05) is 12.1 Å². The lowest BCUT2D eigenvalue weighted by molar-refractivity contribution is -0.145. The van der Waals surface area contributed by atoms with E-state index in [1.54, 1.807) is 19.9 Å². The molecule has 38 heavy (non-hydrogen) atoms. The molecule has 0 aliphatic carbocycles. The number of ether oxygens (including phenoxy) is 2. The SMILES string of the molecule is CCCC[C@@H](N)C(=O)OCC.CCCC[C@@H](Nc1cc(Cl)ncn1)C(=O)OCC.Cl.Clc1cc(Cl)ncn1. The number of carbonyl (C=O) groups excluding carboxylic acids is 2. The van der Waals surface area contributed by atoms with Crippen LogP contribution in [0.1, 0.15) is 66.2 Å². The molecule has 0 aliphatic rings. The second kappa shape index (κ2) is 24.1. The van der Waals surface area contributed by atoms with E-state index >= 15 is 0 Å². The Kier molecular flexibility index (Phi) is 24.2. The number of nitrogens with one attached hydrogen (secondary N) is 1. The number of halogens is 4. The van der Waals surface area contributed by atoms with Gasteiger partial charge in [-0.15, -0.1) is 12.4 Å². The van der Waals surface area contributed by atoms with Crippen LogP contribution in [0.2, 0.25) is 15.5 Å². The Morgan fingerprint density at radius 2 is 1.29 bits per heavy atom. The molecule has 2 aromatic rings. The van der Waals surface area contributed by atoms with Crippen molar-refractivity contribution in [2.45, 2.75) is 78.3 Å². The standard InChI is InChI=1S/C12H18ClN3O2.C8H17NO2.C4H2Cl2N2.ClH/c1-3-5-6-9(12(17)18-4-2)16-11-7-10(13)14-8-15-11;1-3-5-6-7(9)8(10)11-4-2;5-3-1-4(6)8-2-7-3;/h7-9H,3-6H2,1-2H3,(H,14,15,16);7H,3-6,9H2,1-2H3;1-2H;1H/t9-;7-;;/m11../s1. The summed E-state index contributed by atoms with van der Waals surface area (Å²) in [7, 11) is 0. The van der Waals surface area contributed by atoms with Crippen LogP contribution < -0.4 is 11.1 Å². The summed E-state index contributed by atoms with van der Waals surface area (Å²) in [6, 6.07) is 2.24. The van der Waals surface area contributed by atoms with Crippen molar-refractivity contribution in [2.75, 3.05) is 18.5 Å². The summed E-state index contributed by atoms with van der Waals surface area (Å²) >= 11 is 16.6. The van der Waals surface area contributed by atoms with Crippen LogP contribution in [-0.4, -0.2) is 57.2 Å². The first-order valence-electron chi connectivity index (χ1n) is 12.1. The van der Waals surface area contributed by atoms with Crippen LogP contribution in [0.5, 0.6) is 0 Å². The molecule has 2 heterocycles. The summed E-state index contributed by atoms with van der Waals surface area (Å²) in [5.74, 6) is -0.00853. The van der Waals surface area contributed by atoms with Crippen LogP contribution in [-0.2, 0) is 19.1 Å². The van der Waals surface area contributed by atoms with Gasteiger partial charge in [-0.05, 0) is 26.7 Å². The van der Waals surface area contributed by atoms with Gasteiger partial charge in [0.25, 0.3) is 0 Å². The average Bonchev–Trinajstić information content (AvgIpc) is 2.86. The van der Waals surface area contributed by atoms with Crippen LogP contribution in [0.25, 0.3) is 0 Å². The van der Waals surface area contributed by atoms with E-state index in [2.05, 4.69) is 39.1 Å². The van der Waals surface area contributed by atoms with Gasteiger partial charge >= 0.3 is 11.9 Å². The number of esters is 2. The summed E-state index contributed by atoms with van der Waals surface area (Å²) < 4.78 is 9.76. The minimum atomic E-state index is -0.421. The number of nitrogens with two attached hydrogens (primary N) is 1. The molecule has 0 bridgehead atoms. The van der Waals surface area contributed by atoms with Crippen molar-refractivity contribution in [1.29, 1.82) is 0 Å². The van der Waals surface area contributed by atoms with Gasteiger partial charge in [-0.3, -0.25) is 4.79 Å². The van der Waals surface area contributed by atoms with Gasteiger partial charge in [0.15, 0.2) is 0 Å². The van der Waals surface area contributed by atoms with Crippen LogP contribution in [0, 0.1) is 0 Å². The lowest BCUT2D eigenvalue weighted by Gasteiger charge is -2.17. The Labute approximate surface area is 246 Å². The largest absolute Gasteiger partial charge is 0.465 e. The monoisotopic (exact) mass is 614 g/mol. The van der Waals surface area contributed by atoms with E-state index in [9.17, 15) is 9.59 Å². The minimum Gasteiger partial charge on any atom is -0.465 e. The van der Waals surface area contributed by atoms with Crippen molar-refractivity contribution in [1.82, 2.24) is 19.9 Å². The number of rotatable bonds is 12. The first-order chi connectivity index (χ1) is 17.7. The van der Waals surface area contributed by atoms with Gasteiger partial charge in [-0.2, -0.15) is 0 Å². The van der Waals surface area contributed by atoms with Gasteiger partial charge in [-0.1, -0.05) is 74.3 Å². The summed E-state index contributed by atoms with van der Waals surface area (Å²) in [6.45, 7) is 8.49. The summed E-state index contributed by atoms with van der Waals surface area (Å²) in [5, 5.41) is 4.10. The third-order valence-electron chi connectivity index (χ3n) is 4.43. The van der Waals surface area contributed by atoms with E-state index in [4.69, 9.17) is 50.0 Å². The number of hydrogen-bond donors (Lipinski definition) is 2. The highest BCUT2D eigenvalue weighted by atomic mass is 35.5. The molecule has 0 aromatic carbocycles. The lowest BCUT2D eigenvalue weighted by Crippen LogP contribution is -2.32. The van der Waals surface area contributed by atoms with Crippen molar-refractivity contribution in [3.05, 3.63) is 40.2 Å². The average molecular weight is 616 g/mol. The first-order valence-corrected chi connectivity index (χ1v) is 13.3. The number of unbranched alkanes of at least 4 members (excludes halogenated alkanes) is 2. The van der Waals surface area contributed by atoms with Crippen LogP contribution in [0.4, 0.5) is 5.82 Å². The van der Waals surface area contributed by atoms with Gasteiger partial charge in [-0.25, -0.2) is 24.7 Å². The Morgan fingerprint density at radius 1 is 0.816 bits per heavy atom. The molecule has 0 saturated heterocycles. The fraction of sp³-hybridized carbons (Fsp3) is 0.583. The second-order valence-electron chi connectivity index (χ2n) is 7.48. The second-order valence-corrected chi connectivity index (χ2v) is 8.64. The Bertz CT molecular complexity index is 896. The van der Waals surface area contributed by atoms with Crippen LogP contribution in [0.15, 0.2) is 24.8 Å². The normalized spacial score (nSPS) is 11.3. The van der Waals surface area contributed by atoms with E-state index < -0.39 is 12.1 Å². The van der Waals surface area contributed by atoms with Gasteiger partial charge in [0.05, 0.1) is 13.2 Å². The predicted octanol–water partition coefficient (Wildman–Crippen LogP) is 5.94. The number of aromatic nitrogens is 4. The molecule has 0 radical (unpaired) electrons. The number of anilines is 1. The van der Waals surface area contributed by atoms with E-state index in [-0.39, 0.29) is 24.3 Å². The number of carbonyl (C=O) groups is 2. The van der Waals surface area contributed by atoms with Gasteiger partial charge < -0.3 is 20.5 Å². The van der Waals surface area contributed by atoms with Crippen molar-refractivity contribution < 1.29 is 19.1 Å². The molecule has 0 aliphatic heterocycles. The smallest absolute Gasteiger partial charge is 0.328 e. The van der Waals surface area contributed by atoms with Crippen molar-refractivity contribution >= 4 is 65.0 Å². The molecule has 14 heteroatoms. The molecule has 2 rings (SSSR count). The third-order valence-corrected chi connectivity index (χ3v) is 5.05. The topological polar surface area (TPSA) is 142 Å². The highest BCUT2D eigenvalue weighted by molar-refractivity contribution is 6.33. The Hall–Kier alpha value is -1.98. The van der Waals surface area contributed by atoms with E-state index in [0.29, 0.717) is 40.9 Å². The maximum atomic E-state index is 11.8. The Balaban J connectivity index is 0. The molecule has 2 atom stereocenters. The van der Waals surface area contributed by atoms with Gasteiger partial charge in [0.2, 0.25) is 0 Å². The fourth-order valence-corrected chi connectivity index (χ4v) is 3.09. The summed E-state index contributed by atoms with van der Waals surface area (Å²) in [5.41, 5.74) is 5.51. The van der Waals surface area contributed by atoms with Crippen molar-refractivity contribution in [3.63, 3.8) is 0 Å². The molecule has 0 spiro atoms. The molecular weight excluding hydrogens is 578 g/mol. The van der Waals surface area contributed by atoms with E-state index in [1.807, 2.05) is 0 Å². The van der Waals surface area contributed by atoms with Crippen LogP contribution >= 0.6 is 47.2 Å². The molecule has 10 nitrogen and oxygen atoms in total. The zero-order valence-corrected chi connectivity index (χ0v) is 25.2. The number of nitrogens with zero attached hydrogens (tertiary/aromatic N) is 4. The van der Waals surface area contributed by atoms with Gasteiger partial charge in [0.1, 0.15) is 46.0 Å². The molecule has 0 saturated carbocycles. The lowest BCUT2D eigenvalue weighted by atomic mass is 10.1. The highest BCUT2D eigenvalue weighted by Gasteiger charge is 2.19. The molecule has 0 amide bonds. The van der Waals surface area contributed by atoms with E-state index in [0.717, 1.165) is 32.1 Å².